The van der Waals surface area contributed by atoms with Crippen LogP contribution in [0.15, 0.2) is 24.3 Å². The van der Waals surface area contributed by atoms with Crippen LogP contribution >= 0.6 is 0 Å². The van der Waals surface area contributed by atoms with Gasteiger partial charge in [-0.15, -0.1) is 0 Å². The van der Waals surface area contributed by atoms with Crippen molar-refractivity contribution in [1.29, 1.82) is 0 Å². The summed E-state index contributed by atoms with van der Waals surface area (Å²) in [6.07, 6.45) is 2.21. The SMILES string of the molecule is CCCNCC(Cc1nn(C)c2ccccc12)C(C)(C)C. The number of rotatable bonds is 6. The number of para-hydroxylation sites is 1. The Labute approximate surface area is 128 Å². The third-order valence-electron chi connectivity index (χ3n) is 4.32. The van der Waals surface area contributed by atoms with E-state index in [1.165, 1.54) is 23.0 Å². The highest BCUT2D eigenvalue weighted by Crippen LogP contribution is 2.30. The van der Waals surface area contributed by atoms with Gasteiger partial charge in [-0.1, -0.05) is 45.9 Å². The molecule has 21 heavy (non-hydrogen) atoms. The Morgan fingerprint density at radius 2 is 1.95 bits per heavy atom. The molecule has 116 valence electrons. The average molecular weight is 287 g/mol. The Morgan fingerprint density at radius 3 is 2.62 bits per heavy atom. The van der Waals surface area contributed by atoms with E-state index in [0.717, 1.165) is 19.5 Å². The molecule has 0 aliphatic carbocycles. The number of fused-ring (bicyclic) bond motifs is 1. The van der Waals surface area contributed by atoms with Crippen LogP contribution in [0, 0.1) is 11.3 Å². The first kappa shape index (κ1) is 16.0. The van der Waals surface area contributed by atoms with Crippen molar-refractivity contribution in [2.75, 3.05) is 13.1 Å². The molecule has 0 aliphatic heterocycles. The lowest BCUT2D eigenvalue weighted by atomic mass is 9.77. The minimum atomic E-state index is 0.277. The van der Waals surface area contributed by atoms with Crippen molar-refractivity contribution >= 4 is 10.9 Å². The van der Waals surface area contributed by atoms with Gasteiger partial charge in [0.05, 0.1) is 11.2 Å². The zero-order chi connectivity index (χ0) is 15.5. The molecular weight excluding hydrogens is 258 g/mol. The maximum atomic E-state index is 4.76. The number of nitrogens with zero attached hydrogens (tertiary/aromatic N) is 2. The summed E-state index contributed by atoms with van der Waals surface area (Å²) in [7, 11) is 2.03. The van der Waals surface area contributed by atoms with Crippen LogP contribution in [-0.4, -0.2) is 22.9 Å². The molecule has 3 nitrogen and oxygen atoms in total. The highest BCUT2D eigenvalue weighted by Gasteiger charge is 2.26. The molecule has 1 heterocycles. The highest BCUT2D eigenvalue weighted by molar-refractivity contribution is 5.81. The lowest BCUT2D eigenvalue weighted by Gasteiger charge is -2.30. The molecule has 1 unspecified atom stereocenters. The molecule has 1 aromatic heterocycles. The molecule has 3 heteroatoms. The van der Waals surface area contributed by atoms with Gasteiger partial charge in [0, 0.05) is 12.4 Å². The first-order chi connectivity index (χ1) is 9.93. The van der Waals surface area contributed by atoms with Gasteiger partial charge in [0.1, 0.15) is 0 Å². The second kappa shape index (κ2) is 6.61. The number of nitrogens with one attached hydrogen (secondary N) is 1. The van der Waals surface area contributed by atoms with Gasteiger partial charge in [-0.2, -0.15) is 5.10 Å². The zero-order valence-corrected chi connectivity index (χ0v) is 14.1. The van der Waals surface area contributed by atoms with Gasteiger partial charge >= 0.3 is 0 Å². The highest BCUT2D eigenvalue weighted by atomic mass is 15.3. The molecule has 1 aromatic carbocycles. The average Bonchev–Trinajstić information content (AvgIpc) is 2.74. The molecule has 0 amide bonds. The molecule has 0 fully saturated rings. The first-order valence-electron chi connectivity index (χ1n) is 8.04. The fourth-order valence-electron chi connectivity index (χ4n) is 2.81. The van der Waals surface area contributed by atoms with Gasteiger partial charge in [0.15, 0.2) is 0 Å². The van der Waals surface area contributed by atoms with Gasteiger partial charge in [-0.05, 0) is 43.3 Å². The fourth-order valence-corrected chi connectivity index (χ4v) is 2.81. The monoisotopic (exact) mass is 287 g/mol. The largest absolute Gasteiger partial charge is 0.316 e. The van der Waals surface area contributed by atoms with E-state index >= 15 is 0 Å². The van der Waals surface area contributed by atoms with Crippen molar-refractivity contribution in [2.24, 2.45) is 18.4 Å². The van der Waals surface area contributed by atoms with Crippen molar-refractivity contribution in [3.05, 3.63) is 30.0 Å². The van der Waals surface area contributed by atoms with Crippen LogP contribution in [0.2, 0.25) is 0 Å². The second-order valence-electron chi connectivity index (χ2n) is 7.06. The maximum absolute atomic E-state index is 4.76. The number of benzene rings is 1. The van der Waals surface area contributed by atoms with Crippen molar-refractivity contribution in [3.8, 4) is 0 Å². The summed E-state index contributed by atoms with van der Waals surface area (Å²) in [6.45, 7) is 11.4. The third-order valence-corrected chi connectivity index (χ3v) is 4.32. The molecule has 1 atom stereocenters. The van der Waals surface area contributed by atoms with Gasteiger partial charge in [-0.25, -0.2) is 0 Å². The second-order valence-corrected chi connectivity index (χ2v) is 7.06. The molecule has 0 aliphatic rings. The summed E-state index contributed by atoms with van der Waals surface area (Å²) in [4.78, 5) is 0. The predicted octanol–water partition coefficient (Wildman–Crippen LogP) is 3.78. The molecule has 0 spiro atoms. The van der Waals surface area contributed by atoms with Crippen LogP contribution in [0.3, 0.4) is 0 Å². The summed E-state index contributed by atoms with van der Waals surface area (Å²) in [5.74, 6) is 0.586. The summed E-state index contributed by atoms with van der Waals surface area (Å²) < 4.78 is 2.00. The minimum absolute atomic E-state index is 0.277. The Morgan fingerprint density at radius 1 is 1.24 bits per heavy atom. The summed E-state index contributed by atoms with van der Waals surface area (Å²) in [5.41, 5.74) is 2.73. The van der Waals surface area contributed by atoms with E-state index in [1.807, 2.05) is 11.7 Å². The standard InChI is InChI=1S/C18H29N3/c1-6-11-19-13-14(18(2,3)4)12-16-15-9-7-8-10-17(15)21(5)20-16/h7-10,14,19H,6,11-13H2,1-5H3. The number of aromatic nitrogens is 2. The van der Waals surface area contributed by atoms with Gasteiger partial charge < -0.3 is 5.32 Å². The molecule has 0 bridgehead atoms. The van der Waals surface area contributed by atoms with Crippen LogP contribution in [0.4, 0.5) is 0 Å². The quantitative estimate of drug-likeness (QED) is 0.819. The Hall–Kier alpha value is -1.35. The topological polar surface area (TPSA) is 29.9 Å². The number of hydrogen-bond acceptors (Lipinski definition) is 2. The Balaban J connectivity index is 2.22. The Kier molecular flexibility index (Phi) is 5.04. The van der Waals surface area contributed by atoms with Crippen molar-refractivity contribution in [1.82, 2.24) is 15.1 Å². The molecular formula is C18H29N3. The van der Waals surface area contributed by atoms with Crippen molar-refractivity contribution in [3.63, 3.8) is 0 Å². The third kappa shape index (κ3) is 3.85. The molecule has 0 saturated carbocycles. The lowest BCUT2D eigenvalue weighted by Crippen LogP contribution is -2.34. The predicted molar refractivity (Wildman–Crippen MR) is 90.5 cm³/mol. The van der Waals surface area contributed by atoms with Crippen LogP contribution in [-0.2, 0) is 13.5 Å². The van der Waals surface area contributed by atoms with Crippen LogP contribution < -0.4 is 5.32 Å². The van der Waals surface area contributed by atoms with E-state index in [1.54, 1.807) is 0 Å². The van der Waals surface area contributed by atoms with E-state index in [2.05, 4.69) is 57.3 Å². The van der Waals surface area contributed by atoms with E-state index in [9.17, 15) is 0 Å². The first-order valence-corrected chi connectivity index (χ1v) is 8.04. The molecule has 0 saturated heterocycles. The summed E-state index contributed by atoms with van der Waals surface area (Å²) in [5, 5.41) is 9.64. The van der Waals surface area contributed by atoms with Gasteiger partial charge in [0.25, 0.3) is 0 Å². The van der Waals surface area contributed by atoms with Gasteiger partial charge in [0.2, 0.25) is 0 Å². The lowest BCUT2D eigenvalue weighted by molar-refractivity contribution is 0.229. The molecule has 1 N–H and O–H groups in total. The normalized spacial score (nSPS) is 13.8. The van der Waals surface area contributed by atoms with Crippen LogP contribution in [0.5, 0.6) is 0 Å². The smallest absolute Gasteiger partial charge is 0.0706 e. The van der Waals surface area contributed by atoms with Gasteiger partial charge in [-0.3, -0.25) is 4.68 Å². The Bertz CT molecular complexity index is 578. The maximum Gasteiger partial charge on any atom is 0.0706 e. The van der Waals surface area contributed by atoms with E-state index in [0.29, 0.717) is 5.92 Å². The summed E-state index contributed by atoms with van der Waals surface area (Å²) in [6, 6.07) is 8.52. The molecule has 0 radical (unpaired) electrons. The minimum Gasteiger partial charge on any atom is -0.316 e. The summed E-state index contributed by atoms with van der Waals surface area (Å²) >= 11 is 0. The van der Waals surface area contributed by atoms with Crippen LogP contribution in [0.25, 0.3) is 10.9 Å². The van der Waals surface area contributed by atoms with Crippen LogP contribution in [0.1, 0.15) is 39.8 Å². The van der Waals surface area contributed by atoms with Crippen molar-refractivity contribution in [2.45, 2.75) is 40.5 Å². The van der Waals surface area contributed by atoms with E-state index in [4.69, 9.17) is 5.10 Å². The zero-order valence-electron chi connectivity index (χ0n) is 14.1. The van der Waals surface area contributed by atoms with Crippen molar-refractivity contribution < 1.29 is 0 Å². The number of aryl methyl sites for hydroxylation is 1. The fraction of sp³-hybridized carbons (Fsp3) is 0.611. The van der Waals surface area contributed by atoms with E-state index in [-0.39, 0.29) is 5.41 Å². The molecule has 2 aromatic rings. The van der Waals surface area contributed by atoms with E-state index < -0.39 is 0 Å². The number of hydrogen-bond donors (Lipinski definition) is 1. The molecule has 2 rings (SSSR count).